The number of hydrogen-bond donors (Lipinski definition) is 1. The summed E-state index contributed by atoms with van der Waals surface area (Å²) >= 11 is 1.80. The fourth-order valence-corrected chi connectivity index (χ4v) is 3.13. The van der Waals surface area contributed by atoms with Crippen molar-refractivity contribution in [1.82, 2.24) is 0 Å². The first kappa shape index (κ1) is 13.3. The number of thiophene rings is 1. The predicted molar refractivity (Wildman–Crippen MR) is 85.5 cm³/mol. The summed E-state index contributed by atoms with van der Waals surface area (Å²) in [4.78, 5) is 3.79. The van der Waals surface area contributed by atoms with Gasteiger partial charge in [-0.1, -0.05) is 12.1 Å². The summed E-state index contributed by atoms with van der Waals surface area (Å²) in [7, 11) is 0. The predicted octanol–water partition coefficient (Wildman–Crippen LogP) is 3.90. The second kappa shape index (κ2) is 5.75. The average molecular weight is 288 g/mol. The molecule has 2 N–H and O–H groups in total. The minimum atomic E-state index is 0.622. The molecular weight excluding hydrogens is 268 g/mol. The fraction of sp³-hybridized carbons (Fsp3) is 0.375. The highest BCUT2D eigenvalue weighted by molar-refractivity contribution is 7.09. The molecule has 0 bridgehead atoms. The van der Waals surface area contributed by atoms with Crippen molar-refractivity contribution in [3.05, 3.63) is 40.6 Å². The Hall–Kier alpha value is -1.68. The van der Waals surface area contributed by atoms with Crippen molar-refractivity contribution >= 4 is 22.7 Å². The first-order valence-electron chi connectivity index (χ1n) is 7.10. The van der Waals surface area contributed by atoms with Crippen LogP contribution in [0, 0.1) is 0 Å². The van der Waals surface area contributed by atoms with Crippen molar-refractivity contribution < 1.29 is 4.74 Å². The zero-order chi connectivity index (χ0) is 13.9. The molecule has 1 aromatic carbocycles. The first-order chi connectivity index (χ1) is 9.79. The Labute approximate surface area is 124 Å². The topological polar surface area (TPSA) is 38.5 Å². The van der Waals surface area contributed by atoms with Crippen LogP contribution in [0.15, 0.2) is 35.7 Å². The van der Waals surface area contributed by atoms with Gasteiger partial charge in [0.15, 0.2) is 0 Å². The lowest BCUT2D eigenvalue weighted by Crippen LogP contribution is -2.25. The zero-order valence-corrected chi connectivity index (χ0v) is 12.5. The third-order valence-electron chi connectivity index (χ3n) is 3.55. The van der Waals surface area contributed by atoms with Crippen LogP contribution < -0.4 is 15.4 Å². The molecule has 3 nitrogen and oxygen atoms in total. The Kier molecular flexibility index (Phi) is 3.83. The first-order valence-corrected chi connectivity index (χ1v) is 7.98. The Balaban J connectivity index is 1.89. The van der Waals surface area contributed by atoms with Gasteiger partial charge in [-0.15, -0.1) is 11.3 Å². The van der Waals surface area contributed by atoms with Crippen LogP contribution in [-0.4, -0.2) is 12.6 Å². The monoisotopic (exact) mass is 288 g/mol. The molecule has 1 aromatic heterocycles. The van der Waals surface area contributed by atoms with Gasteiger partial charge >= 0.3 is 0 Å². The van der Waals surface area contributed by atoms with Crippen LogP contribution in [0.4, 0.5) is 11.4 Å². The second-order valence-electron chi connectivity index (χ2n) is 5.06. The molecular formula is C16H20N2OS. The van der Waals surface area contributed by atoms with Gasteiger partial charge in [0.05, 0.1) is 24.5 Å². The molecule has 1 saturated carbocycles. The molecule has 0 aliphatic heterocycles. The number of nitrogens with zero attached hydrogens (tertiary/aromatic N) is 1. The van der Waals surface area contributed by atoms with Gasteiger partial charge in [0, 0.05) is 10.9 Å². The lowest BCUT2D eigenvalue weighted by atomic mass is 10.2. The molecule has 0 saturated heterocycles. The molecule has 1 heterocycles. The summed E-state index contributed by atoms with van der Waals surface area (Å²) in [6.07, 6.45) is 2.51. The van der Waals surface area contributed by atoms with E-state index in [0.29, 0.717) is 12.6 Å². The standard InChI is InChI=1S/C16H20N2OS/c1-2-19-15-7-3-6-14(16(15)17)18(12-8-9-12)11-13-5-4-10-20-13/h3-7,10,12H,2,8-9,11,17H2,1H3. The summed E-state index contributed by atoms with van der Waals surface area (Å²) < 4.78 is 5.61. The molecule has 0 amide bonds. The van der Waals surface area contributed by atoms with Crippen molar-refractivity contribution in [1.29, 1.82) is 0 Å². The number of para-hydroxylation sites is 1. The van der Waals surface area contributed by atoms with Crippen molar-refractivity contribution in [3.8, 4) is 5.75 Å². The van der Waals surface area contributed by atoms with Gasteiger partial charge in [-0.05, 0) is 43.3 Å². The Bertz CT molecular complexity index is 564. The van der Waals surface area contributed by atoms with E-state index >= 15 is 0 Å². The molecule has 0 unspecified atom stereocenters. The van der Waals surface area contributed by atoms with Gasteiger partial charge in [0.1, 0.15) is 5.75 Å². The highest BCUT2D eigenvalue weighted by atomic mass is 32.1. The molecule has 0 atom stereocenters. The molecule has 0 spiro atoms. The summed E-state index contributed by atoms with van der Waals surface area (Å²) in [5, 5.41) is 2.13. The molecule has 1 fully saturated rings. The number of rotatable bonds is 6. The lowest BCUT2D eigenvalue weighted by Gasteiger charge is -2.26. The van der Waals surface area contributed by atoms with Gasteiger partial charge < -0.3 is 15.4 Å². The number of nitrogens with two attached hydrogens (primary N) is 1. The van der Waals surface area contributed by atoms with Gasteiger partial charge in [-0.2, -0.15) is 0 Å². The number of hydrogen-bond acceptors (Lipinski definition) is 4. The highest BCUT2D eigenvalue weighted by Gasteiger charge is 2.31. The van der Waals surface area contributed by atoms with E-state index in [1.807, 2.05) is 19.1 Å². The van der Waals surface area contributed by atoms with E-state index in [1.54, 1.807) is 11.3 Å². The minimum Gasteiger partial charge on any atom is -0.492 e. The summed E-state index contributed by atoms with van der Waals surface area (Å²) in [6.45, 7) is 3.56. The number of anilines is 2. The van der Waals surface area contributed by atoms with E-state index in [-0.39, 0.29) is 0 Å². The lowest BCUT2D eigenvalue weighted by molar-refractivity contribution is 0.342. The van der Waals surface area contributed by atoms with Crippen molar-refractivity contribution in [2.45, 2.75) is 32.4 Å². The van der Waals surface area contributed by atoms with Crippen LogP contribution in [0.3, 0.4) is 0 Å². The van der Waals surface area contributed by atoms with E-state index in [9.17, 15) is 0 Å². The van der Waals surface area contributed by atoms with Crippen LogP contribution in [0.25, 0.3) is 0 Å². The minimum absolute atomic E-state index is 0.622. The fourth-order valence-electron chi connectivity index (χ4n) is 2.43. The Morgan fingerprint density at radius 2 is 2.15 bits per heavy atom. The maximum Gasteiger partial charge on any atom is 0.144 e. The van der Waals surface area contributed by atoms with Crippen LogP contribution >= 0.6 is 11.3 Å². The van der Waals surface area contributed by atoms with Gasteiger partial charge in [-0.3, -0.25) is 0 Å². The molecule has 3 rings (SSSR count). The van der Waals surface area contributed by atoms with Gasteiger partial charge in [0.2, 0.25) is 0 Å². The molecule has 4 heteroatoms. The van der Waals surface area contributed by atoms with E-state index in [2.05, 4.69) is 28.5 Å². The van der Waals surface area contributed by atoms with E-state index in [4.69, 9.17) is 10.5 Å². The average Bonchev–Trinajstić information content (AvgIpc) is 3.16. The highest BCUT2D eigenvalue weighted by Crippen LogP contribution is 2.39. The van der Waals surface area contributed by atoms with E-state index in [1.165, 1.54) is 17.7 Å². The van der Waals surface area contributed by atoms with Crippen LogP contribution in [0.1, 0.15) is 24.6 Å². The molecule has 2 aromatic rings. The summed E-state index contributed by atoms with van der Waals surface area (Å²) in [5.41, 5.74) is 8.17. The maximum absolute atomic E-state index is 6.30. The quantitative estimate of drug-likeness (QED) is 0.819. The maximum atomic E-state index is 6.30. The SMILES string of the molecule is CCOc1cccc(N(Cc2cccs2)C2CC2)c1N. The largest absolute Gasteiger partial charge is 0.492 e. The number of nitrogen functional groups attached to an aromatic ring is 1. The number of benzene rings is 1. The Morgan fingerprint density at radius 1 is 1.30 bits per heavy atom. The number of ether oxygens (including phenoxy) is 1. The van der Waals surface area contributed by atoms with E-state index < -0.39 is 0 Å². The third-order valence-corrected chi connectivity index (χ3v) is 4.41. The van der Waals surface area contributed by atoms with Crippen LogP contribution in [0.5, 0.6) is 5.75 Å². The zero-order valence-electron chi connectivity index (χ0n) is 11.7. The molecule has 1 aliphatic rings. The Morgan fingerprint density at radius 3 is 2.80 bits per heavy atom. The van der Waals surface area contributed by atoms with Crippen LogP contribution in [-0.2, 0) is 6.54 Å². The van der Waals surface area contributed by atoms with Crippen molar-refractivity contribution in [2.24, 2.45) is 0 Å². The molecule has 0 radical (unpaired) electrons. The van der Waals surface area contributed by atoms with Gasteiger partial charge in [0.25, 0.3) is 0 Å². The van der Waals surface area contributed by atoms with Gasteiger partial charge in [-0.25, -0.2) is 0 Å². The van der Waals surface area contributed by atoms with Crippen molar-refractivity contribution in [3.63, 3.8) is 0 Å². The van der Waals surface area contributed by atoms with Crippen LogP contribution in [0.2, 0.25) is 0 Å². The van der Waals surface area contributed by atoms with Crippen molar-refractivity contribution in [2.75, 3.05) is 17.2 Å². The second-order valence-corrected chi connectivity index (χ2v) is 6.09. The van der Waals surface area contributed by atoms with E-state index in [0.717, 1.165) is 23.7 Å². The molecule has 20 heavy (non-hydrogen) atoms. The molecule has 1 aliphatic carbocycles. The summed E-state index contributed by atoms with van der Waals surface area (Å²) in [5.74, 6) is 0.793. The third kappa shape index (κ3) is 2.75. The molecule has 106 valence electrons. The summed E-state index contributed by atoms with van der Waals surface area (Å²) in [6, 6.07) is 11.0. The smallest absolute Gasteiger partial charge is 0.144 e. The normalized spacial score (nSPS) is 14.2.